The van der Waals surface area contributed by atoms with Gasteiger partial charge in [0.05, 0.1) is 22.3 Å². The average molecular weight is 354 g/mol. The molecule has 0 unspecified atom stereocenters. The fraction of sp³-hybridized carbons (Fsp3) is 0. The Morgan fingerprint density at radius 3 is 2.45 bits per heavy atom. The van der Waals surface area contributed by atoms with E-state index < -0.39 is 9.05 Å². The van der Waals surface area contributed by atoms with Crippen molar-refractivity contribution < 1.29 is 8.42 Å². The highest BCUT2D eigenvalue weighted by Gasteiger charge is 2.09. The molecule has 22 heavy (non-hydrogen) atoms. The summed E-state index contributed by atoms with van der Waals surface area (Å²) in [6, 6.07) is 11.4. The van der Waals surface area contributed by atoms with Gasteiger partial charge in [0, 0.05) is 26.8 Å². The average Bonchev–Trinajstić information content (AvgIpc) is 2.47. The van der Waals surface area contributed by atoms with Gasteiger partial charge in [-0.15, -0.1) is 0 Å². The summed E-state index contributed by atoms with van der Waals surface area (Å²) in [7, 11) is 1.56. The van der Waals surface area contributed by atoms with Crippen LogP contribution in [0.2, 0.25) is 5.02 Å². The summed E-state index contributed by atoms with van der Waals surface area (Å²) in [6.45, 7) is 0. The number of rotatable bonds is 3. The molecule has 0 fully saturated rings. The van der Waals surface area contributed by atoms with E-state index in [0.29, 0.717) is 16.2 Å². The topological polar surface area (TPSA) is 72.0 Å². The molecule has 0 saturated carbocycles. The monoisotopic (exact) mass is 353 g/mol. The van der Waals surface area contributed by atoms with Crippen LogP contribution in [0.5, 0.6) is 0 Å². The highest BCUT2D eigenvalue weighted by Crippen LogP contribution is 2.27. The Bertz CT molecular complexity index is 944. The molecule has 3 aromatic rings. The Hall–Kier alpha value is -1.89. The van der Waals surface area contributed by atoms with E-state index >= 15 is 0 Å². The van der Waals surface area contributed by atoms with Gasteiger partial charge in [0.1, 0.15) is 0 Å². The van der Waals surface area contributed by atoms with Gasteiger partial charge in [-0.05, 0) is 42.5 Å². The van der Waals surface area contributed by atoms with Gasteiger partial charge >= 0.3 is 0 Å². The molecule has 0 amide bonds. The number of hydrogen-bond donors (Lipinski definition) is 1. The maximum atomic E-state index is 11.2. The van der Waals surface area contributed by atoms with Crippen LogP contribution in [-0.4, -0.2) is 18.6 Å². The minimum absolute atomic E-state index is 0.0456. The number of halogens is 2. The minimum Gasteiger partial charge on any atom is -0.354 e. The molecular weight excluding hydrogens is 345 g/mol. The van der Waals surface area contributed by atoms with E-state index in [-0.39, 0.29) is 4.90 Å². The predicted molar refractivity (Wildman–Crippen MR) is 87.3 cm³/mol. The van der Waals surface area contributed by atoms with Crippen LogP contribution in [0, 0.1) is 0 Å². The number of benzene rings is 2. The van der Waals surface area contributed by atoms with Crippen molar-refractivity contribution in [2.24, 2.45) is 0 Å². The highest BCUT2D eigenvalue weighted by atomic mass is 35.7. The zero-order valence-electron chi connectivity index (χ0n) is 11.0. The molecule has 0 aliphatic rings. The number of fused-ring (bicyclic) bond motifs is 1. The van der Waals surface area contributed by atoms with E-state index in [1.54, 1.807) is 30.5 Å². The highest BCUT2D eigenvalue weighted by molar-refractivity contribution is 8.13. The van der Waals surface area contributed by atoms with Gasteiger partial charge in [0.2, 0.25) is 0 Å². The molecule has 0 radical (unpaired) electrons. The third-order valence-corrected chi connectivity index (χ3v) is 4.62. The van der Waals surface area contributed by atoms with Gasteiger partial charge in [-0.2, -0.15) is 10.2 Å². The van der Waals surface area contributed by atoms with E-state index in [0.717, 1.165) is 11.1 Å². The molecule has 112 valence electrons. The normalized spacial score (nSPS) is 11.5. The van der Waals surface area contributed by atoms with Crippen molar-refractivity contribution in [1.29, 1.82) is 0 Å². The lowest BCUT2D eigenvalue weighted by molar-refractivity contribution is 0.609. The molecule has 1 aromatic heterocycles. The van der Waals surface area contributed by atoms with Crippen LogP contribution in [0.25, 0.3) is 10.9 Å². The van der Waals surface area contributed by atoms with Gasteiger partial charge in [0.15, 0.2) is 0 Å². The van der Waals surface area contributed by atoms with Gasteiger partial charge in [-0.25, -0.2) is 8.42 Å². The standard InChI is InChI=1S/C14H9Cl2N3O2S/c15-9-1-6-12-13(7-9)19-17-8-14(12)18-10-2-4-11(5-3-10)22(16,20)21/h1-8H,(H,18,19). The number of aromatic nitrogens is 2. The summed E-state index contributed by atoms with van der Waals surface area (Å²) < 4.78 is 22.4. The molecule has 0 atom stereocenters. The number of nitrogens with one attached hydrogen (secondary N) is 1. The predicted octanol–water partition coefficient (Wildman–Crippen LogP) is 3.95. The molecule has 8 heteroatoms. The SMILES string of the molecule is O=S(=O)(Cl)c1ccc(Nc2cnnc3cc(Cl)ccc23)cc1. The van der Waals surface area contributed by atoms with E-state index in [9.17, 15) is 8.42 Å². The number of nitrogens with zero attached hydrogens (tertiary/aromatic N) is 2. The van der Waals surface area contributed by atoms with Crippen LogP contribution in [0.15, 0.2) is 53.6 Å². The smallest absolute Gasteiger partial charge is 0.261 e. The van der Waals surface area contributed by atoms with Gasteiger partial charge in [0.25, 0.3) is 9.05 Å². The third-order valence-electron chi connectivity index (χ3n) is 3.02. The van der Waals surface area contributed by atoms with Crippen molar-refractivity contribution in [3.8, 4) is 0 Å². The fourth-order valence-electron chi connectivity index (χ4n) is 1.99. The van der Waals surface area contributed by atoms with Gasteiger partial charge < -0.3 is 5.32 Å². The molecule has 1 heterocycles. The number of anilines is 2. The Morgan fingerprint density at radius 2 is 1.77 bits per heavy atom. The first-order valence-corrected chi connectivity index (χ1v) is 8.85. The van der Waals surface area contributed by atoms with Gasteiger partial charge in [-0.3, -0.25) is 0 Å². The Labute approximate surface area is 136 Å². The summed E-state index contributed by atoms with van der Waals surface area (Å²) in [5.74, 6) is 0. The zero-order valence-corrected chi connectivity index (χ0v) is 13.3. The van der Waals surface area contributed by atoms with Crippen LogP contribution >= 0.6 is 22.3 Å². The lowest BCUT2D eigenvalue weighted by Crippen LogP contribution is -1.96. The summed E-state index contributed by atoms with van der Waals surface area (Å²) >= 11 is 5.93. The molecule has 1 N–H and O–H groups in total. The minimum atomic E-state index is -3.72. The van der Waals surface area contributed by atoms with Crippen LogP contribution < -0.4 is 5.32 Å². The van der Waals surface area contributed by atoms with E-state index in [1.807, 2.05) is 6.07 Å². The first kappa shape index (κ1) is 15.0. The first-order chi connectivity index (χ1) is 10.4. The molecule has 5 nitrogen and oxygen atoms in total. The molecule has 2 aromatic carbocycles. The van der Waals surface area contributed by atoms with E-state index in [1.165, 1.54) is 12.1 Å². The van der Waals surface area contributed by atoms with Gasteiger partial charge in [-0.1, -0.05) is 11.6 Å². The lowest BCUT2D eigenvalue weighted by Gasteiger charge is -2.09. The first-order valence-electron chi connectivity index (χ1n) is 6.16. The summed E-state index contributed by atoms with van der Waals surface area (Å²) in [5.41, 5.74) is 2.11. The van der Waals surface area contributed by atoms with Crippen LogP contribution in [-0.2, 0) is 9.05 Å². The maximum absolute atomic E-state index is 11.2. The van der Waals surface area contributed by atoms with E-state index in [4.69, 9.17) is 22.3 Å². The van der Waals surface area contributed by atoms with Crippen molar-refractivity contribution >= 4 is 53.6 Å². The largest absolute Gasteiger partial charge is 0.354 e. The molecule has 0 bridgehead atoms. The second kappa shape index (κ2) is 5.72. The zero-order chi connectivity index (χ0) is 15.7. The number of hydrogen-bond acceptors (Lipinski definition) is 5. The van der Waals surface area contributed by atoms with Crippen LogP contribution in [0.3, 0.4) is 0 Å². The van der Waals surface area contributed by atoms with Crippen LogP contribution in [0.4, 0.5) is 11.4 Å². The van der Waals surface area contributed by atoms with Crippen molar-refractivity contribution in [3.63, 3.8) is 0 Å². The van der Waals surface area contributed by atoms with Crippen molar-refractivity contribution in [2.75, 3.05) is 5.32 Å². The summed E-state index contributed by atoms with van der Waals surface area (Å²) in [5, 5.41) is 12.5. The van der Waals surface area contributed by atoms with Crippen molar-refractivity contribution in [3.05, 3.63) is 53.7 Å². The van der Waals surface area contributed by atoms with Crippen molar-refractivity contribution in [1.82, 2.24) is 10.2 Å². The Balaban J connectivity index is 1.96. The molecule has 3 rings (SSSR count). The summed E-state index contributed by atoms with van der Waals surface area (Å²) in [6.07, 6.45) is 1.59. The van der Waals surface area contributed by atoms with E-state index in [2.05, 4.69) is 15.5 Å². The molecule has 0 aliphatic carbocycles. The van der Waals surface area contributed by atoms with Crippen molar-refractivity contribution in [2.45, 2.75) is 4.90 Å². The van der Waals surface area contributed by atoms with Crippen LogP contribution in [0.1, 0.15) is 0 Å². The Morgan fingerprint density at radius 1 is 1.05 bits per heavy atom. The Kier molecular flexibility index (Phi) is 3.90. The lowest BCUT2D eigenvalue weighted by atomic mass is 10.2. The fourth-order valence-corrected chi connectivity index (χ4v) is 2.93. The molecule has 0 saturated heterocycles. The maximum Gasteiger partial charge on any atom is 0.261 e. The molecule has 0 spiro atoms. The molecular formula is C14H9Cl2N3O2S. The molecule has 0 aliphatic heterocycles. The summed E-state index contributed by atoms with van der Waals surface area (Å²) in [4.78, 5) is 0.0456. The second-order valence-electron chi connectivity index (χ2n) is 4.51. The second-order valence-corrected chi connectivity index (χ2v) is 7.51. The third kappa shape index (κ3) is 3.14. The quantitative estimate of drug-likeness (QED) is 0.721.